The lowest BCUT2D eigenvalue weighted by Crippen LogP contribution is -2.56. The van der Waals surface area contributed by atoms with Crippen molar-refractivity contribution in [3.8, 4) is 10.2 Å². The summed E-state index contributed by atoms with van der Waals surface area (Å²) >= 11 is -3.11. The number of hydrogen-bond acceptors (Lipinski definition) is 8. The number of para-hydroxylation sites is 1. The summed E-state index contributed by atoms with van der Waals surface area (Å²) in [5, 5.41) is 21.8. The number of halogens is 3. The molecule has 3 aliphatic rings. The maximum Gasteiger partial charge on any atom is 0.340 e. The summed E-state index contributed by atoms with van der Waals surface area (Å²) in [6, 6.07) is 14.1. The zero-order chi connectivity index (χ0) is 36.1. The standard InChI is InChI=1S/C36H36F2IN5O7/c1-20-16-27(43-51-20)30(45)40-26-14-4-3-9-15-35(37,38)18-29-36(34(48)49,39(29)2)42-31(46)28-17-21(19-44(28)33(26)47)50-32-24-12-6-5-10-22(24)23-11-7-8-13-25(23)41-32/h2,5-8,10-13,16,21,26,28-29H,3-4,9,14-15,17-19H2,1H3,(H,40,45)(H,42,46)(H,48,49)/t21-,26+,28+,29?,36-/m1/s1. The Morgan fingerprint density at radius 3 is 2.55 bits per heavy atom. The molecule has 3 N–H and O–H groups in total. The van der Waals surface area contributed by atoms with E-state index in [9.17, 15) is 24.3 Å². The third-order valence-corrected chi connectivity index (χ3v) is 15.6. The molecule has 15 heteroatoms. The molecule has 0 aliphatic carbocycles. The van der Waals surface area contributed by atoms with Crippen LogP contribution in [0.4, 0.5) is 8.78 Å². The van der Waals surface area contributed by atoms with Crippen LogP contribution in [-0.4, -0.2) is 82.0 Å². The lowest BCUT2D eigenvalue weighted by molar-refractivity contribution is -0.144. The smallest absolute Gasteiger partial charge is 0.340 e. The number of carbonyl (C=O) groups is 4. The number of amides is 3. The van der Waals surface area contributed by atoms with Crippen molar-refractivity contribution in [1.29, 1.82) is 0 Å². The fraction of sp³-hybridized carbons (Fsp3) is 0.417. The van der Waals surface area contributed by atoms with Crippen LogP contribution in [0, 0.1) is 11.2 Å². The van der Waals surface area contributed by atoms with Gasteiger partial charge >= 0.3 is 5.97 Å². The summed E-state index contributed by atoms with van der Waals surface area (Å²) in [5.74, 6) is -6.10. The molecule has 3 amide bonds. The van der Waals surface area contributed by atoms with E-state index in [-0.39, 0.29) is 37.4 Å². The van der Waals surface area contributed by atoms with Gasteiger partial charge in [0.25, 0.3) is 5.91 Å². The Kier molecular flexibility index (Phi) is 9.21. The summed E-state index contributed by atoms with van der Waals surface area (Å²) in [5.41, 5.74) is 0.628. The average molecular weight is 816 g/mol. The Hall–Kier alpha value is -4.63. The van der Waals surface area contributed by atoms with Crippen LogP contribution in [0.1, 0.15) is 61.2 Å². The minimum Gasteiger partial charge on any atom is -0.479 e. The number of nitrogens with one attached hydrogen (secondary N) is 2. The summed E-state index contributed by atoms with van der Waals surface area (Å²) in [4.78, 5) is 60.3. The molecular weight excluding hydrogens is 779 g/mol. The first-order valence-corrected chi connectivity index (χ1v) is 20.3. The number of rotatable bonds is 5. The first-order chi connectivity index (χ1) is 24.4. The van der Waals surface area contributed by atoms with Gasteiger partial charge in [-0.2, -0.15) is 0 Å². The topological polar surface area (TPSA) is 164 Å². The van der Waals surface area contributed by atoms with Crippen molar-refractivity contribution in [3.63, 3.8) is 0 Å². The van der Waals surface area contributed by atoms with Gasteiger partial charge in [-0.15, -0.1) is 4.31 Å². The van der Waals surface area contributed by atoms with Crippen molar-refractivity contribution in [1.82, 2.24) is 25.7 Å². The second-order valence-corrected chi connectivity index (χ2v) is 18.5. The first kappa shape index (κ1) is 34.8. The van der Waals surface area contributed by atoms with Crippen LogP contribution in [-0.2, 0) is 14.4 Å². The van der Waals surface area contributed by atoms with E-state index in [1.165, 1.54) is 11.0 Å². The molecule has 0 radical (unpaired) electrons. The van der Waals surface area contributed by atoms with Crippen molar-refractivity contribution in [2.24, 2.45) is 0 Å². The van der Waals surface area contributed by atoms with Crippen LogP contribution < -0.4 is 15.4 Å². The minimum absolute atomic E-state index is 0.0511. The molecule has 1 unspecified atom stereocenters. The Morgan fingerprint density at radius 2 is 1.82 bits per heavy atom. The summed E-state index contributed by atoms with van der Waals surface area (Å²) in [6.45, 7) is 1.52. The quantitative estimate of drug-likeness (QED) is 0.106. The highest BCUT2D eigenvalue weighted by molar-refractivity contribution is 14.2. The number of ether oxygens (including phenoxy) is 1. The van der Waals surface area contributed by atoms with Crippen molar-refractivity contribution in [2.45, 2.75) is 83.4 Å². The first-order valence-electron chi connectivity index (χ1n) is 16.7. The molecule has 12 nitrogen and oxygen atoms in total. The zero-order valence-corrected chi connectivity index (χ0v) is 29.8. The summed E-state index contributed by atoms with van der Waals surface area (Å²) in [7, 11) is 0. The second-order valence-electron chi connectivity index (χ2n) is 13.3. The van der Waals surface area contributed by atoms with Crippen LogP contribution in [0.5, 0.6) is 5.88 Å². The number of aromatic nitrogens is 2. The highest BCUT2D eigenvalue weighted by atomic mass is 127. The fourth-order valence-corrected chi connectivity index (χ4v) is 12.7. The molecule has 7 rings (SSSR count). The van der Waals surface area contributed by atoms with Gasteiger partial charge in [0.15, 0.2) is 9.24 Å². The number of pyridine rings is 1. The SMILES string of the molecule is C#I1C2CC(F)(F)CCCCC[C@H](NC(=O)c3cc(C)on3)C(=O)N3C[C@H](Oc4nc5ccccc5c5ccccc45)C[C@H]3C(=O)N[C@@]21C(=O)O. The van der Waals surface area contributed by atoms with E-state index < -0.39 is 87.3 Å². The van der Waals surface area contributed by atoms with Gasteiger partial charge in [-0.3, -0.25) is 14.4 Å². The van der Waals surface area contributed by atoms with E-state index >= 15 is 8.78 Å². The lowest BCUT2D eigenvalue weighted by Gasteiger charge is -2.29. The van der Waals surface area contributed by atoms with Gasteiger partial charge in [0, 0.05) is 36.1 Å². The fourth-order valence-electron chi connectivity index (χ4n) is 7.14. The van der Waals surface area contributed by atoms with Crippen molar-refractivity contribution >= 4 is 64.5 Å². The van der Waals surface area contributed by atoms with Crippen molar-refractivity contribution in [2.75, 3.05) is 6.54 Å². The molecule has 3 fully saturated rings. The molecule has 2 aromatic heterocycles. The lowest BCUT2D eigenvalue weighted by atomic mass is 10.0. The van der Waals surface area contributed by atoms with Gasteiger partial charge in [-0.1, -0.05) is 73.5 Å². The largest absolute Gasteiger partial charge is 0.479 e. The number of aryl methyl sites for hydroxylation is 1. The Balaban J connectivity index is 1.24. The number of hydrogen-bond donors (Lipinski definition) is 3. The number of nitrogens with zero attached hydrogens (tertiary/aromatic N) is 3. The van der Waals surface area contributed by atoms with Crippen molar-refractivity contribution < 1.29 is 42.3 Å². The highest BCUT2D eigenvalue weighted by Gasteiger charge is 2.68. The molecule has 4 aromatic rings. The van der Waals surface area contributed by atoms with E-state index in [1.807, 2.05) is 48.5 Å². The Morgan fingerprint density at radius 1 is 1.10 bits per heavy atom. The maximum atomic E-state index is 15.1. The molecule has 0 spiro atoms. The normalized spacial score (nSPS) is 27.1. The Labute approximate surface area is 297 Å². The predicted molar refractivity (Wildman–Crippen MR) is 190 cm³/mol. The molecule has 3 saturated heterocycles. The van der Waals surface area contributed by atoms with E-state index in [4.69, 9.17) is 18.6 Å². The minimum atomic E-state index is -3.19. The second kappa shape index (κ2) is 13.5. The van der Waals surface area contributed by atoms with Crippen LogP contribution in [0.3, 0.4) is 0 Å². The van der Waals surface area contributed by atoms with Gasteiger partial charge in [0.2, 0.25) is 23.6 Å². The molecule has 0 bridgehead atoms. The van der Waals surface area contributed by atoms with Gasteiger partial charge in [0.05, 0.1) is 16.0 Å². The van der Waals surface area contributed by atoms with Gasteiger partial charge in [-0.05, 0) is 37.3 Å². The predicted octanol–water partition coefficient (Wildman–Crippen LogP) is 5.20. The third kappa shape index (κ3) is 6.64. The number of alkyl halides is 4. The maximum absolute atomic E-state index is 15.1. The molecule has 2 aromatic carbocycles. The highest BCUT2D eigenvalue weighted by Crippen LogP contribution is 2.67. The van der Waals surface area contributed by atoms with E-state index in [0.29, 0.717) is 29.5 Å². The van der Waals surface area contributed by atoms with Gasteiger partial charge in [0.1, 0.15) is 23.9 Å². The molecular formula is C36H36F2IN5O7. The van der Waals surface area contributed by atoms with Gasteiger partial charge < -0.3 is 29.9 Å². The molecule has 268 valence electrons. The van der Waals surface area contributed by atoms with E-state index in [1.54, 1.807) is 6.92 Å². The third-order valence-electron chi connectivity index (χ3n) is 9.80. The van der Waals surface area contributed by atoms with E-state index in [2.05, 4.69) is 15.8 Å². The van der Waals surface area contributed by atoms with Crippen LogP contribution >= 0.6 is 19.1 Å². The Bertz CT molecular complexity index is 2130. The molecule has 0 saturated carbocycles. The molecule has 5 atom stereocenters. The van der Waals surface area contributed by atoms with Gasteiger partial charge in [-0.25, -0.2) is 18.6 Å². The number of aliphatic carboxylic acids is 1. The molecule has 5 heterocycles. The number of carbonyl (C=O) groups excluding carboxylic acids is 3. The monoisotopic (exact) mass is 815 g/mol. The van der Waals surface area contributed by atoms with Crippen LogP contribution in [0.15, 0.2) is 59.1 Å². The molecule has 3 aliphatic heterocycles. The number of fused-ring (bicyclic) bond motifs is 5. The number of carboxylic acid groups (broad SMARTS) is 1. The molecule has 51 heavy (non-hydrogen) atoms. The van der Waals surface area contributed by atoms with E-state index in [0.717, 1.165) is 10.8 Å². The van der Waals surface area contributed by atoms with Crippen LogP contribution in [0.25, 0.3) is 21.7 Å². The average Bonchev–Trinajstić information content (AvgIpc) is 3.44. The van der Waals surface area contributed by atoms with Crippen LogP contribution in [0.2, 0.25) is 0 Å². The number of benzene rings is 2. The summed E-state index contributed by atoms with van der Waals surface area (Å²) < 4.78 is 45.0. The van der Waals surface area contributed by atoms with Crippen molar-refractivity contribution in [3.05, 3.63) is 66.1 Å². The summed E-state index contributed by atoms with van der Waals surface area (Å²) in [6.07, 6.45) is -1.22. The zero-order valence-electron chi connectivity index (χ0n) is 27.6. The number of carboxylic acids is 1.